The summed E-state index contributed by atoms with van der Waals surface area (Å²) in [5, 5.41) is 0. The number of carbonyl (C=O) groups is 1. The lowest BCUT2D eigenvalue weighted by Crippen LogP contribution is -2.48. The topological polar surface area (TPSA) is 47.4 Å². The molecular formula is C16H18FN3O2. The Kier molecular flexibility index (Phi) is 3.94. The van der Waals surface area contributed by atoms with Crippen molar-refractivity contribution in [1.82, 2.24) is 14.5 Å². The minimum absolute atomic E-state index is 0.00916. The molecular weight excluding hydrogens is 285 g/mol. The number of rotatable bonds is 2. The van der Waals surface area contributed by atoms with Crippen molar-refractivity contribution in [2.24, 2.45) is 0 Å². The highest BCUT2D eigenvalue weighted by Crippen LogP contribution is 2.17. The Morgan fingerprint density at radius 1 is 1.23 bits per heavy atom. The lowest BCUT2D eigenvalue weighted by molar-refractivity contribution is -0.0587. The molecule has 0 saturated carbocycles. The van der Waals surface area contributed by atoms with Crippen molar-refractivity contribution in [3.05, 3.63) is 48.3 Å². The van der Waals surface area contributed by atoms with Gasteiger partial charge < -0.3 is 9.64 Å². The van der Waals surface area contributed by atoms with E-state index < -0.39 is 0 Å². The van der Waals surface area contributed by atoms with Gasteiger partial charge in [-0.15, -0.1) is 0 Å². The van der Waals surface area contributed by atoms with Crippen molar-refractivity contribution < 1.29 is 13.9 Å². The van der Waals surface area contributed by atoms with Gasteiger partial charge in [-0.1, -0.05) is 0 Å². The number of aromatic nitrogens is 2. The van der Waals surface area contributed by atoms with Crippen LogP contribution in [-0.2, 0) is 4.74 Å². The van der Waals surface area contributed by atoms with Crippen molar-refractivity contribution in [1.29, 1.82) is 0 Å². The minimum atomic E-state index is -0.312. The molecule has 0 N–H and O–H groups in total. The van der Waals surface area contributed by atoms with Crippen molar-refractivity contribution >= 4 is 5.91 Å². The number of imidazole rings is 1. The number of hydrogen-bond acceptors (Lipinski definition) is 3. The number of benzene rings is 1. The molecule has 2 heterocycles. The normalized spacial score (nSPS) is 21.9. The van der Waals surface area contributed by atoms with Gasteiger partial charge in [-0.05, 0) is 38.1 Å². The Bertz CT molecular complexity index is 658. The lowest BCUT2D eigenvalue weighted by atomic mass is 10.2. The molecule has 2 atom stereocenters. The van der Waals surface area contributed by atoms with Gasteiger partial charge in [0.15, 0.2) is 0 Å². The van der Waals surface area contributed by atoms with Crippen LogP contribution >= 0.6 is 0 Å². The second-order valence-corrected chi connectivity index (χ2v) is 5.59. The molecule has 1 saturated heterocycles. The Labute approximate surface area is 128 Å². The molecule has 1 aromatic carbocycles. The highest BCUT2D eigenvalue weighted by Gasteiger charge is 2.28. The summed E-state index contributed by atoms with van der Waals surface area (Å²) < 4.78 is 20.4. The van der Waals surface area contributed by atoms with Crippen LogP contribution in [0, 0.1) is 5.82 Å². The van der Waals surface area contributed by atoms with E-state index in [1.807, 2.05) is 13.8 Å². The summed E-state index contributed by atoms with van der Waals surface area (Å²) in [6.07, 6.45) is 3.12. The van der Waals surface area contributed by atoms with E-state index in [0.717, 1.165) is 0 Å². The average molecular weight is 303 g/mol. The fourth-order valence-electron chi connectivity index (χ4n) is 2.77. The molecule has 6 heteroatoms. The molecule has 1 aliphatic rings. The number of nitrogens with zero attached hydrogens (tertiary/aromatic N) is 3. The van der Waals surface area contributed by atoms with E-state index in [4.69, 9.17) is 4.74 Å². The molecule has 5 nitrogen and oxygen atoms in total. The van der Waals surface area contributed by atoms with E-state index in [0.29, 0.717) is 24.5 Å². The van der Waals surface area contributed by atoms with E-state index in [1.54, 1.807) is 27.9 Å². The van der Waals surface area contributed by atoms with E-state index in [-0.39, 0.29) is 23.9 Å². The Hall–Kier alpha value is -2.21. The van der Waals surface area contributed by atoms with Crippen LogP contribution in [0.15, 0.2) is 36.8 Å². The zero-order valence-corrected chi connectivity index (χ0v) is 12.6. The summed E-state index contributed by atoms with van der Waals surface area (Å²) >= 11 is 0. The fourth-order valence-corrected chi connectivity index (χ4v) is 2.77. The second kappa shape index (κ2) is 5.88. The van der Waals surface area contributed by atoms with Crippen LogP contribution in [0.5, 0.6) is 0 Å². The maximum Gasteiger partial charge on any atom is 0.272 e. The van der Waals surface area contributed by atoms with Gasteiger partial charge in [0.05, 0.1) is 24.7 Å². The smallest absolute Gasteiger partial charge is 0.272 e. The molecule has 22 heavy (non-hydrogen) atoms. The predicted molar refractivity (Wildman–Crippen MR) is 79.4 cm³/mol. The van der Waals surface area contributed by atoms with Crippen LogP contribution in [0.1, 0.15) is 24.3 Å². The van der Waals surface area contributed by atoms with Crippen LogP contribution in [0.25, 0.3) is 5.69 Å². The van der Waals surface area contributed by atoms with Crippen molar-refractivity contribution in [2.45, 2.75) is 26.1 Å². The number of ether oxygens (including phenoxy) is 1. The molecule has 1 amide bonds. The standard InChI is InChI=1S/C16H18FN3O2/c1-11-8-19(9-12(2)22-11)16(21)15-7-18-10-20(15)14-5-3-13(17)4-6-14/h3-7,10-12H,8-9H2,1-2H3. The summed E-state index contributed by atoms with van der Waals surface area (Å²) in [6, 6.07) is 5.97. The second-order valence-electron chi connectivity index (χ2n) is 5.59. The van der Waals surface area contributed by atoms with Gasteiger partial charge in [0, 0.05) is 18.8 Å². The van der Waals surface area contributed by atoms with Gasteiger partial charge in [0.25, 0.3) is 5.91 Å². The Morgan fingerprint density at radius 3 is 2.50 bits per heavy atom. The molecule has 0 aliphatic carbocycles. The van der Waals surface area contributed by atoms with Crippen molar-refractivity contribution in [2.75, 3.05) is 13.1 Å². The number of carbonyl (C=O) groups excluding carboxylic acids is 1. The van der Waals surface area contributed by atoms with Crippen LogP contribution in [0.2, 0.25) is 0 Å². The number of hydrogen-bond donors (Lipinski definition) is 0. The molecule has 1 aromatic heterocycles. The maximum atomic E-state index is 13.1. The summed E-state index contributed by atoms with van der Waals surface area (Å²) in [5.74, 6) is -0.406. The molecule has 1 aliphatic heterocycles. The largest absolute Gasteiger partial charge is 0.372 e. The van der Waals surface area contributed by atoms with Gasteiger partial charge in [0.1, 0.15) is 11.5 Å². The molecule has 0 radical (unpaired) electrons. The third-order valence-corrected chi connectivity index (χ3v) is 3.67. The monoisotopic (exact) mass is 303 g/mol. The van der Waals surface area contributed by atoms with Crippen molar-refractivity contribution in [3.8, 4) is 5.69 Å². The average Bonchev–Trinajstić information content (AvgIpc) is 2.95. The van der Waals surface area contributed by atoms with Crippen LogP contribution in [0.4, 0.5) is 4.39 Å². The lowest BCUT2D eigenvalue weighted by Gasteiger charge is -2.35. The predicted octanol–water partition coefficient (Wildman–Crippen LogP) is 2.26. The highest BCUT2D eigenvalue weighted by atomic mass is 19.1. The highest BCUT2D eigenvalue weighted by molar-refractivity contribution is 5.93. The van der Waals surface area contributed by atoms with E-state index in [1.165, 1.54) is 18.3 Å². The van der Waals surface area contributed by atoms with Crippen molar-refractivity contribution in [3.63, 3.8) is 0 Å². The van der Waals surface area contributed by atoms with Crippen LogP contribution < -0.4 is 0 Å². The van der Waals surface area contributed by atoms with Gasteiger partial charge in [-0.2, -0.15) is 0 Å². The van der Waals surface area contributed by atoms with Gasteiger partial charge in [-0.25, -0.2) is 9.37 Å². The maximum absolute atomic E-state index is 13.1. The summed E-state index contributed by atoms with van der Waals surface area (Å²) in [7, 11) is 0. The zero-order chi connectivity index (χ0) is 15.7. The molecule has 1 fully saturated rings. The third-order valence-electron chi connectivity index (χ3n) is 3.67. The Balaban J connectivity index is 1.88. The molecule has 2 aromatic rings. The zero-order valence-electron chi connectivity index (χ0n) is 12.6. The van der Waals surface area contributed by atoms with E-state index in [9.17, 15) is 9.18 Å². The quantitative estimate of drug-likeness (QED) is 0.855. The van der Waals surface area contributed by atoms with E-state index >= 15 is 0 Å². The number of amides is 1. The van der Waals surface area contributed by atoms with Gasteiger partial charge in [-0.3, -0.25) is 9.36 Å². The molecule has 0 spiro atoms. The van der Waals surface area contributed by atoms with Gasteiger partial charge in [0.2, 0.25) is 0 Å². The van der Waals surface area contributed by atoms with Crippen LogP contribution in [-0.4, -0.2) is 45.7 Å². The first-order valence-corrected chi connectivity index (χ1v) is 7.27. The molecule has 2 unspecified atom stereocenters. The summed E-state index contributed by atoms with van der Waals surface area (Å²) in [4.78, 5) is 18.6. The minimum Gasteiger partial charge on any atom is -0.372 e. The fraction of sp³-hybridized carbons (Fsp3) is 0.375. The van der Waals surface area contributed by atoms with Crippen LogP contribution in [0.3, 0.4) is 0 Å². The SMILES string of the molecule is CC1CN(C(=O)c2cncn2-c2ccc(F)cc2)CC(C)O1. The first-order chi connectivity index (χ1) is 10.5. The molecule has 0 bridgehead atoms. The number of halogens is 1. The molecule has 3 rings (SSSR count). The number of morpholine rings is 1. The summed E-state index contributed by atoms with van der Waals surface area (Å²) in [6.45, 7) is 5.01. The third kappa shape index (κ3) is 2.87. The van der Waals surface area contributed by atoms with Gasteiger partial charge >= 0.3 is 0 Å². The Morgan fingerprint density at radius 2 is 1.86 bits per heavy atom. The summed E-state index contributed by atoms with van der Waals surface area (Å²) in [5.41, 5.74) is 1.17. The molecule has 116 valence electrons. The van der Waals surface area contributed by atoms with E-state index in [2.05, 4.69) is 4.98 Å². The first kappa shape index (κ1) is 14.7. The first-order valence-electron chi connectivity index (χ1n) is 7.27.